The molecule has 3 rings (SSSR count). The Morgan fingerprint density at radius 1 is 0.907 bits per heavy atom. The smallest absolute Gasteiger partial charge is 0.244 e. The highest BCUT2D eigenvalue weighted by Crippen LogP contribution is 2.27. The number of benzene rings is 3. The summed E-state index contributed by atoms with van der Waals surface area (Å²) in [5.41, 5.74) is 2.94. The van der Waals surface area contributed by atoms with Gasteiger partial charge in [0.15, 0.2) is 0 Å². The van der Waals surface area contributed by atoms with Crippen molar-refractivity contribution in [3.8, 4) is 5.75 Å². The zero-order chi connectivity index (χ0) is 31.8. The maximum Gasteiger partial charge on any atom is 0.244 e. The van der Waals surface area contributed by atoms with E-state index >= 15 is 0 Å². The summed E-state index contributed by atoms with van der Waals surface area (Å²) in [4.78, 5) is 29.5. The summed E-state index contributed by atoms with van der Waals surface area (Å²) in [5.74, 6) is 0.0362. The molecule has 8 nitrogen and oxygen atoms in total. The van der Waals surface area contributed by atoms with Crippen LogP contribution in [0, 0.1) is 5.92 Å². The van der Waals surface area contributed by atoms with Crippen molar-refractivity contribution in [1.29, 1.82) is 0 Å². The molecule has 0 aliphatic carbocycles. The standard InChI is InChI=1S/C34H45N3O5S/c1-25(2)22-35-33(39)31(21-26-12-9-8-10-13-26)36(23-27-14-11-15-30(20-27)42-6)32(38)24-37(43(7,40)41)29-18-16-28(17-19-29)34(3,4)5/h8-20,25,31H,21-24H2,1-7H3,(H,35,39)/t31-/m1/s1. The van der Waals surface area contributed by atoms with E-state index in [1.54, 1.807) is 25.3 Å². The van der Waals surface area contributed by atoms with Gasteiger partial charge in [0, 0.05) is 19.5 Å². The van der Waals surface area contributed by atoms with E-state index in [2.05, 4.69) is 26.1 Å². The van der Waals surface area contributed by atoms with Gasteiger partial charge in [0.25, 0.3) is 0 Å². The van der Waals surface area contributed by atoms with Crippen molar-refractivity contribution in [2.45, 2.75) is 59.0 Å². The highest BCUT2D eigenvalue weighted by Gasteiger charge is 2.33. The Hall–Kier alpha value is -3.85. The van der Waals surface area contributed by atoms with Crippen LogP contribution < -0.4 is 14.4 Å². The van der Waals surface area contributed by atoms with Gasteiger partial charge in [0.1, 0.15) is 18.3 Å². The molecule has 3 aromatic carbocycles. The number of nitrogens with zero attached hydrogens (tertiary/aromatic N) is 2. The second-order valence-electron chi connectivity index (χ2n) is 12.3. The third-order valence-corrected chi connectivity index (χ3v) is 8.28. The van der Waals surface area contributed by atoms with Gasteiger partial charge in [-0.05, 0) is 52.3 Å². The molecule has 0 bridgehead atoms. The normalized spacial score (nSPS) is 12.5. The third kappa shape index (κ3) is 9.85. The Bertz CT molecular complexity index is 1470. The van der Waals surface area contributed by atoms with Crippen LogP contribution in [0.3, 0.4) is 0 Å². The van der Waals surface area contributed by atoms with Crippen molar-refractivity contribution in [3.05, 3.63) is 95.6 Å². The maximum atomic E-state index is 14.2. The topological polar surface area (TPSA) is 96.0 Å². The number of rotatable bonds is 13. The van der Waals surface area contributed by atoms with Gasteiger partial charge in [-0.1, -0.05) is 89.2 Å². The van der Waals surface area contributed by atoms with Gasteiger partial charge in [0.05, 0.1) is 19.1 Å². The van der Waals surface area contributed by atoms with E-state index in [1.807, 2.05) is 74.5 Å². The highest BCUT2D eigenvalue weighted by molar-refractivity contribution is 7.92. The molecule has 3 aromatic rings. The fourth-order valence-corrected chi connectivity index (χ4v) is 5.54. The number of hydrogen-bond donors (Lipinski definition) is 1. The molecular weight excluding hydrogens is 562 g/mol. The van der Waals surface area contributed by atoms with Crippen LogP contribution >= 0.6 is 0 Å². The van der Waals surface area contributed by atoms with Gasteiger partial charge >= 0.3 is 0 Å². The fourth-order valence-electron chi connectivity index (χ4n) is 4.69. The number of sulfonamides is 1. The lowest BCUT2D eigenvalue weighted by Gasteiger charge is -2.34. The van der Waals surface area contributed by atoms with Gasteiger partial charge in [-0.15, -0.1) is 0 Å². The molecule has 0 aromatic heterocycles. The Morgan fingerprint density at radius 2 is 1.53 bits per heavy atom. The second-order valence-corrected chi connectivity index (χ2v) is 14.2. The quantitative estimate of drug-likeness (QED) is 0.289. The van der Waals surface area contributed by atoms with Crippen molar-refractivity contribution in [2.75, 3.05) is 30.8 Å². The first kappa shape index (κ1) is 33.6. The average Bonchev–Trinajstić information content (AvgIpc) is 2.96. The number of hydrogen-bond acceptors (Lipinski definition) is 5. The Morgan fingerprint density at radius 3 is 2.09 bits per heavy atom. The number of methoxy groups -OCH3 is 1. The van der Waals surface area contributed by atoms with Crippen LogP contribution in [0.5, 0.6) is 5.75 Å². The van der Waals surface area contributed by atoms with E-state index in [4.69, 9.17) is 4.74 Å². The number of ether oxygens (including phenoxy) is 1. The zero-order valence-corrected chi connectivity index (χ0v) is 27.1. The van der Waals surface area contributed by atoms with E-state index < -0.39 is 28.5 Å². The summed E-state index contributed by atoms with van der Waals surface area (Å²) in [6.07, 6.45) is 1.35. The molecule has 232 valence electrons. The number of anilines is 1. The van der Waals surface area contributed by atoms with Gasteiger partial charge in [-0.25, -0.2) is 8.42 Å². The zero-order valence-electron chi connectivity index (χ0n) is 26.3. The maximum absolute atomic E-state index is 14.2. The first-order valence-corrected chi connectivity index (χ1v) is 16.4. The predicted molar refractivity (Wildman–Crippen MR) is 173 cm³/mol. The summed E-state index contributed by atoms with van der Waals surface area (Å²) in [6.45, 7) is 10.3. The molecule has 0 saturated carbocycles. The molecule has 43 heavy (non-hydrogen) atoms. The molecule has 0 heterocycles. The van der Waals surface area contributed by atoms with Crippen LogP contribution in [0.4, 0.5) is 5.69 Å². The first-order valence-electron chi connectivity index (χ1n) is 14.5. The van der Waals surface area contributed by atoms with Crippen LogP contribution in [0.25, 0.3) is 0 Å². The minimum atomic E-state index is -3.84. The molecule has 0 aliphatic heterocycles. The summed E-state index contributed by atoms with van der Waals surface area (Å²) in [7, 11) is -2.28. The number of carbonyl (C=O) groups is 2. The second kappa shape index (κ2) is 14.6. The lowest BCUT2D eigenvalue weighted by atomic mass is 9.87. The van der Waals surface area contributed by atoms with Gasteiger partial charge in [-0.3, -0.25) is 13.9 Å². The van der Waals surface area contributed by atoms with E-state index in [1.165, 1.54) is 4.90 Å². The number of amides is 2. The summed E-state index contributed by atoms with van der Waals surface area (Å²) < 4.78 is 32.6. The highest BCUT2D eigenvalue weighted by atomic mass is 32.2. The summed E-state index contributed by atoms with van der Waals surface area (Å²) in [6, 6.07) is 23.1. The molecule has 0 aliphatic rings. The van der Waals surface area contributed by atoms with Gasteiger partial charge in [0.2, 0.25) is 21.8 Å². The first-order chi connectivity index (χ1) is 20.2. The third-order valence-electron chi connectivity index (χ3n) is 7.14. The van der Waals surface area contributed by atoms with E-state index in [0.717, 1.165) is 27.3 Å². The van der Waals surface area contributed by atoms with Crippen molar-refractivity contribution < 1.29 is 22.7 Å². The SMILES string of the molecule is COc1cccc(CN(C(=O)CN(c2ccc(C(C)(C)C)cc2)S(C)(=O)=O)[C@H](Cc2ccccc2)C(=O)NCC(C)C)c1. The Labute approximate surface area is 257 Å². The van der Waals surface area contributed by atoms with Crippen molar-refractivity contribution in [1.82, 2.24) is 10.2 Å². The van der Waals surface area contributed by atoms with Crippen LogP contribution in [-0.4, -0.2) is 57.6 Å². The van der Waals surface area contributed by atoms with Crippen molar-refractivity contribution in [2.24, 2.45) is 5.92 Å². The molecule has 0 unspecified atom stereocenters. The Kier molecular flexibility index (Phi) is 11.4. The molecule has 1 atom stereocenters. The molecule has 0 saturated heterocycles. The molecular formula is C34H45N3O5S. The lowest BCUT2D eigenvalue weighted by Crippen LogP contribution is -2.53. The van der Waals surface area contributed by atoms with Gasteiger partial charge in [-0.2, -0.15) is 0 Å². The van der Waals surface area contributed by atoms with Crippen LogP contribution in [0.2, 0.25) is 0 Å². The van der Waals surface area contributed by atoms with Crippen molar-refractivity contribution >= 4 is 27.5 Å². The van der Waals surface area contributed by atoms with Crippen LogP contribution in [0.15, 0.2) is 78.9 Å². The van der Waals surface area contributed by atoms with Gasteiger partial charge < -0.3 is 15.0 Å². The molecule has 0 fully saturated rings. The van der Waals surface area contributed by atoms with E-state index in [-0.39, 0.29) is 30.2 Å². The van der Waals surface area contributed by atoms with Crippen LogP contribution in [-0.2, 0) is 38.0 Å². The molecule has 9 heteroatoms. The molecule has 0 radical (unpaired) electrons. The average molecular weight is 608 g/mol. The Balaban J connectivity index is 2.06. The lowest BCUT2D eigenvalue weighted by molar-refractivity contribution is -0.140. The van der Waals surface area contributed by atoms with Crippen LogP contribution in [0.1, 0.15) is 51.3 Å². The molecule has 0 spiro atoms. The fraction of sp³-hybridized carbons (Fsp3) is 0.412. The number of carbonyl (C=O) groups excluding carboxylic acids is 2. The predicted octanol–water partition coefficient (Wildman–Crippen LogP) is 5.17. The summed E-state index contributed by atoms with van der Waals surface area (Å²) >= 11 is 0. The minimum Gasteiger partial charge on any atom is -0.497 e. The summed E-state index contributed by atoms with van der Waals surface area (Å²) in [5, 5.41) is 2.99. The minimum absolute atomic E-state index is 0.0865. The largest absolute Gasteiger partial charge is 0.497 e. The number of nitrogens with one attached hydrogen (secondary N) is 1. The monoisotopic (exact) mass is 607 g/mol. The van der Waals surface area contributed by atoms with E-state index in [0.29, 0.717) is 18.0 Å². The molecule has 1 N–H and O–H groups in total. The molecule has 2 amide bonds. The van der Waals surface area contributed by atoms with Crippen molar-refractivity contribution in [3.63, 3.8) is 0 Å². The van der Waals surface area contributed by atoms with E-state index in [9.17, 15) is 18.0 Å².